The van der Waals surface area contributed by atoms with Crippen molar-refractivity contribution >= 4 is 0 Å². The molecular weight excluding hydrogens is 520 g/mol. The minimum absolute atomic E-state index is 0.382. The number of methoxy groups -OCH3 is 1. The standard InChI is InChI=1S/C11H22.C11H20.C10H22O.C6H14.2C2H6/c2*1-8(2)11-6-5-9(3)7-10(11)4;1-8(2)10(4,5)7-9(3)11-6;1-5-6(2,3)4;2*1-2/h8-11H,5-7H2,1-4H3;7-8,10-11H,5-6H2,1-4H3;8-9H,7H2,1-6H3;5H2,1-4H3;2*1-2H3. The van der Waals surface area contributed by atoms with Crippen molar-refractivity contribution < 1.29 is 4.74 Å². The Kier molecular flexibility index (Phi) is 31.0. The topological polar surface area (TPSA) is 9.23 Å². The van der Waals surface area contributed by atoms with Gasteiger partial charge in [-0.2, -0.15) is 0 Å². The van der Waals surface area contributed by atoms with E-state index >= 15 is 0 Å². The third-order valence-corrected chi connectivity index (χ3v) is 10.1. The molecule has 0 aliphatic heterocycles. The highest BCUT2D eigenvalue weighted by Crippen LogP contribution is 2.37. The van der Waals surface area contributed by atoms with Gasteiger partial charge in [0.1, 0.15) is 0 Å². The van der Waals surface area contributed by atoms with Crippen molar-refractivity contribution in [1.82, 2.24) is 0 Å². The van der Waals surface area contributed by atoms with Gasteiger partial charge < -0.3 is 4.74 Å². The van der Waals surface area contributed by atoms with Crippen LogP contribution in [-0.4, -0.2) is 13.2 Å². The van der Waals surface area contributed by atoms with E-state index < -0.39 is 0 Å². The summed E-state index contributed by atoms with van der Waals surface area (Å²) in [6.07, 6.45) is 12.4. The van der Waals surface area contributed by atoms with Crippen molar-refractivity contribution in [2.75, 3.05) is 7.11 Å². The van der Waals surface area contributed by atoms with E-state index in [1.165, 1.54) is 38.5 Å². The molecule has 2 aliphatic rings. The molecule has 0 saturated heterocycles. The molecule has 43 heavy (non-hydrogen) atoms. The van der Waals surface area contributed by atoms with E-state index in [0.29, 0.717) is 16.9 Å². The molecule has 0 aromatic rings. The number of rotatable bonds is 6. The molecule has 0 radical (unpaired) electrons. The first-order valence-electron chi connectivity index (χ1n) is 18.9. The lowest BCUT2D eigenvalue weighted by Gasteiger charge is -2.35. The Balaban J connectivity index is -0.000000231. The van der Waals surface area contributed by atoms with Crippen LogP contribution in [0.3, 0.4) is 0 Å². The zero-order valence-electron chi connectivity index (χ0n) is 34.6. The van der Waals surface area contributed by atoms with Gasteiger partial charge in [0.05, 0.1) is 6.10 Å². The second kappa shape index (κ2) is 26.9. The monoisotopic (exact) mass is 611 g/mol. The van der Waals surface area contributed by atoms with Gasteiger partial charge in [-0.1, -0.05) is 156 Å². The first-order valence-corrected chi connectivity index (χ1v) is 18.9. The largest absolute Gasteiger partial charge is 0.382 e. The van der Waals surface area contributed by atoms with Gasteiger partial charge in [0, 0.05) is 7.11 Å². The van der Waals surface area contributed by atoms with Crippen LogP contribution in [0.2, 0.25) is 0 Å². The van der Waals surface area contributed by atoms with Crippen molar-refractivity contribution in [2.45, 2.75) is 196 Å². The molecular formula is C42H90O. The van der Waals surface area contributed by atoms with Crippen molar-refractivity contribution in [3.05, 3.63) is 11.6 Å². The van der Waals surface area contributed by atoms with Crippen LogP contribution in [0.25, 0.3) is 0 Å². The molecule has 264 valence electrons. The van der Waals surface area contributed by atoms with Crippen LogP contribution in [0.1, 0.15) is 190 Å². The molecule has 0 spiro atoms. The lowest BCUT2D eigenvalue weighted by Crippen LogP contribution is -2.25. The summed E-state index contributed by atoms with van der Waals surface area (Å²) in [5, 5.41) is 0. The molecule has 0 heterocycles. The molecule has 1 fully saturated rings. The van der Waals surface area contributed by atoms with Gasteiger partial charge in [0.2, 0.25) is 0 Å². The van der Waals surface area contributed by atoms with E-state index in [1.54, 1.807) is 12.7 Å². The minimum Gasteiger partial charge on any atom is -0.382 e. The Hall–Kier alpha value is -0.300. The van der Waals surface area contributed by atoms with Crippen LogP contribution < -0.4 is 0 Å². The minimum atomic E-state index is 0.382. The Bertz CT molecular complexity index is 617. The summed E-state index contributed by atoms with van der Waals surface area (Å²) in [5.41, 5.74) is 2.53. The highest BCUT2D eigenvalue weighted by atomic mass is 16.5. The van der Waals surface area contributed by atoms with E-state index in [-0.39, 0.29) is 0 Å². The summed E-state index contributed by atoms with van der Waals surface area (Å²) < 4.78 is 5.24. The fraction of sp³-hybridized carbons (Fsp3) is 0.952. The van der Waals surface area contributed by atoms with E-state index in [1.807, 2.05) is 27.7 Å². The van der Waals surface area contributed by atoms with Crippen LogP contribution in [0, 0.1) is 58.2 Å². The molecule has 6 unspecified atom stereocenters. The van der Waals surface area contributed by atoms with E-state index in [9.17, 15) is 0 Å². The van der Waals surface area contributed by atoms with Crippen LogP contribution in [0.4, 0.5) is 0 Å². The second-order valence-electron chi connectivity index (χ2n) is 16.4. The average molecular weight is 611 g/mol. The fourth-order valence-corrected chi connectivity index (χ4v) is 5.99. The molecule has 2 aliphatic carbocycles. The smallest absolute Gasteiger partial charge is 0.0548 e. The van der Waals surface area contributed by atoms with Gasteiger partial charge in [-0.25, -0.2) is 0 Å². The summed E-state index contributed by atoms with van der Waals surface area (Å²) >= 11 is 0. The first kappa shape index (κ1) is 49.6. The predicted molar refractivity (Wildman–Crippen MR) is 203 cm³/mol. The summed E-state index contributed by atoms with van der Waals surface area (Å²) in [7, 11) is 1.78. The summed E-state index contributed by atoms with van der Waals surface area (Å²) in [6, 6.07) is 0. The quantitative estimate of drug-likeness (QED) is 0.272. The zero-order chi connectivity index (χ0) is 35.1. The van der Waals surface area contributed by atoms with Crippen LogP contribution in [-0.2, 0) is 4.74 Å². The third kappa shape index (κ3) is 26.6. The number of hydrogen-bond acceptors (Lipinski definition) is 1. The van der Waals surface area contributed by atoms with Crippen molar-refractivity contribution in [3.63, 3.8) is 0 Å². The van der Waals surface area contributed by atoms with Gasteiger partial charge in [0.15, 0.2) is 0 Å². The molecule has 1 nitrogen and oxygen atoms in total. The summed E-state index contributed by atoms with van der Waals surface area (Å²) in [4.78, 5) is 0. The Morgan fingerprint density at radius 2 is 1.21 bits per heavy atom. The van der Waals surface area contributed by atoms with Crippen molar-refractivity contribution in [3.8, 4) is 0 Å². The van der Waals surface area contributed by atoms with Gasteiger partial charge >= 0.3 is 0 Å². The highest BCUT2D eigenvalue weighted by Gasteiger charge is 2.27. The molecule has 1 saturated carbocycles. The van der Waals surface area contributed by atoms with E-state index in [2.05, 4.69) is 124 Å². The fourth-order valence-electron chi connectivity index (χ4n) is 5.99. The molecule has 2 rings (SSSR count). The third-order valence-electron chi connectivity index (χ3n) is 10.1. The lowest BCUT2D eigenvalue weighted by atomic mass is 9.71. The molecule has 1 heteroatoms. The van der Waals surface area contributed by atoms with Gasteiger partial charge in [-0.05, 0) is 104 Å². The van der Waals surface area contributed by atoms with Gasteiger partial charge in [0.25, 0.3) is 0 Å². The average Bonchev–Trinajstić information content (AvgIpc) is 2.90. The molecule has 0 amide bonds. The number of hydrogen-bond donors (Lipinski definition) is 0. The predicted octanol–water partition coefficient (Wildman–Crippen LogP) is 14.9. The van der Waals surface area contributed by atoms with Gasteiger partial charge in [-0.15, -0.1) is 0 Å². The zero-order valence-corrected chi connectivity index (χ0v) is 34.6. The Morgan fingerprint density at radius 3 is 1.51 bits per heavy atom. The first-order chi connectivity index (χ1) is 19.7. The van der Waals surface area contributed by atoms with Crippen molar-refractivity contribution in [2.24, 2.45) is 58.2 Å². The van der Waals surface area contributed by atoms with Crippen LogP contribution >= 0.6 is 0 Å². The molecule has 0 N–H and O–H groups in total. The molecule has 0 bridgehead atoms. The van der Waals surface area contributed by atoms with Crippen LogP contribution in [0.5, 0.6) is 0 Å². The second-order valence-corrected chi connectivity index (χ2v) is 16.4. The maximum atomic E-state index is 5.24. The molecule has 0 aromatic carbocycles. The Labute approximate surface area is 277 Å². The maximum absolute atomic E-state index is 5.24. The van der Waals surface area contributed by atoms with E-state index in [0.717, 1.165) is 53.8 Å². The normalized spacial score (nSPS) is 24.3. The SMILES string of the molecule is CC.CC.CC1=CC(C)C(C(C)C)CC1.CC1CCC(C(C)C)C(C)C1.CCC(C)(C)C.COC(C)CC(C)(C)C(C)C. The Morgan fingerprint density at radius 1 is 0.767 bits per heavy atom. The maximum Gasteiger partial charge on any atom is 0.0548 e. The highest BCUT2D eigenvalue weighted by molar-refractivity contribution is 5.06. The van der Waals surface area contributed by atoms with Crippen molar-refractivity contribution in [1.29, 1.82) is 0 Å². The number of ether oxygens (including phenoxy) is 1. The number of allylic oxidation sites excluding steroid dienone is 2. The molecule has 6 atom stereocenters. The van der Waals surface area contributed by atoms with Gasteiger partial charge in [-0.3, -0.25) is 0 Å². The summed E-state index contributed by atoms with van der Waals surface area (Å²) in [6.45, 7) is 47.1. The lowest BCUT2D eigenvalue weighted by molar-refractivity contribution is 0.0590. The van der Waals surface area contributed by atoms with Crippen LogP contribution in [0.15, 0.2) is 11.6 Å². The summed E-state index contributed by atoms with van der Waals surface area (Å²) in [5.74, 6) is 7.18. The van der Waals surface area contributed by atoms with E-state index in [4.69, 9.17) is 4.74 Å². The molecule has 0 aromatic heterocycles.